The van der Waals surface area contributed by atoms with Gasteiger partial charge >= 0.3 is 0 Å². The maximum absolute atomic E-state index is 13.3. The second-order valence-electron chi connectivity index (χ2n) is 7.97. The molecule has 0 radical (unpaired) electrons. The van der Waals surface area contributed by atoms with Crippen molar-refractivity contribution in [1.29, 1.82) is 0 Å². The Kier molecular flexibility index (Phi) is 5.76. The minimum Gasteiger partial charge on any atom is -0.508 e. The van der Waals surface area contributed by atoms with Gasteiger partial charge in [-0.3, -0.25) is 9.59 Å². The van der Waals surface area contributed by atoms with Crippen LogP contribution in [0.1, 0.15) is 37.4 Å². The Balaban J connectivity index is 1.52. The van der Waals surface area contributed by atoms with Crippen LogP contribution in [0.4, 0.5) is 5.69 Å². The molecule has 1 fully saturated rings. The highest BCUT2D eigenvalue weighted by molar-refractivity contribution is 6.15. The number of aromatic hydroxyl groups is 1. The van der Waals surface area contributed by atoms with E-state index in [1.165, 1.54) is 0 Å². The average Bonchev–Trinajstić information content (AvgIpc) is 2.80. The molecule has 1 saturated heterocycles. The van der Waals surface area contributed by atoms with Crippen molar-refractivity contribution >= 4 is 17.4 Å². The minimum absolute atomic E-state index is 0.122. The third-order valence-electron chi connectivity index (χ3n) is 5.93. The van der Waals surface area contributed by atoms with E-state index in [1.54, 1.807) is 41.3 Å². The summed E-state index contributed by atoms with van der Waals surface area (Å²) in [5.74, 6) is -0.0245. The van der Waals surface area contributed by atoms with Gasteiger partial charge < -0.3 is 14.9 Å². The molecule has 1 amide bonds. The van der Waals surface area contributed by atoms with Gasteiger partial charge in [0.2, 0.25) is 0 Å². The number of hydrogen-bond donors (Lipinski definition) is 1. The predicted octanol–water partition coefficient (Wildman–Crippen LogP) is 4.20. The van der Waals surface area contributed by atoms with Gasteiger partial charge in [-0.15, -0.1) is 0 Å². The Hall–Kier alpha value is -3.60. The van der Waals surface area contributed by atoms with Crippen molar-refractivity contribution < 1.29 is 14.7 Å². The summed E-state index contributed by atoms with van der Waals surface area (Å²) in [5.41, 5.74) is 4.60. The molecule has 3 aromatic rings. The van der Waals surface area contributed by atoms with Gasteiger partial charge in [0.25, 0.3) is 5.91 Å². The number of hydrogen-bond acceptors (Lipinski definition) is 4. The Morgan fingerprint density at radius 3 is 2.16 bits per heavy atom. The first-order valence-corrected chi connectivity index (χ1v) is 10.5. The van der Waals surface area contributed by atoms with E-state index < -0.39 is 0 Å². The van der Waals surface area contributed by atoms with Crippen molar-refractivity contribution in [2.45, 2.75) is 13.8 Å². The van der Waals surface area contributed by atoms with E-state index in [0.717, 1.165) is 16.8 Å². The summed E-state index contributed by atoms with van der Waals surface area (Å²) in [6.45, 7) is 6.44. The lowest BCUT2D eigenvalue weighted by atomic mass is 9.95. The molecule has 5 heteroatoms. The van der Waals surface area contributed by atoms with E-state index in [-0.39, 0.29) is 17.4 Å². The van der Waals surface area contributed by atoms with E-state index >= 15 is 0 Å². The molecule has 31 heavy (non-hydrogen) atoms. The number of rotatable bonds is 4. The molecule has 158 valence electrons. The summed E-state index contributed by atoms with van der Waals surface area (Å²) in [7, 11) is 0. The fourth-order valence-corrected chi connectivity index (χ4v) is 3.93. The number of anilines is 1. The molecule has 4 rings (SSSR count). The quantitative estimate of drug-likeness (QED) is 0.650. The first kappa shape index (κ1) is 20.7. The van der Waals surface area contributed by atoms with Crippen molar-refractivity contribution in [3.05, 3.63) is 94.5 Å². The van der Waals surface area contributed by atoms with Gasteiger partial charge in [-0.05, 0) is 49.2 Å². The summed E-state index contributed by atoms with van der Waals surface area (Å²) in [6.07, 6.45) is 0. The zero-order chi connectivity index (χ0) is 22.0. The van der Waals surface area contributed by atoms with Crippen LogP contribution < -0.4 is 4.90 Å². The standard InChI is InChI=1S/C26H26N2O3/c1-18-10-11-20(16-19(18)2)25(30)23-8-3-4-9-24(23)26(31)28-14-12-27(13-15-28)21-6-5-7-22(29)17-21/h3-11,16-17,29H,12-15H2,1-2H3. The number of piperazine rings is 1. The normalized spacial score (nSPS) is 13.9. The molecule has 5 nitrogen and oxygen atoms in total. The molecule has 0 aliphatic carbocycles. The van der Waals surface area contributed by atoms with E-state index in [0.29, 0.717) is 42.9 Å². The van der Waals surface area contributed by atoms with Crippen LogP contribution in [0, 0.1) is 13.8 Å². The lowest BCUT2D eigenvalue weighted by molar-refractivity contribution is 0.0742. The number of aryl methyl sites for hydroxylation is 2. The monoisotopic (exact) mass is 414 g/mol. The highest BCUT2D eigenvalue weighted by atomic mass is 16.3. The molecule has 0 spiro atoms. The fourth-order valence-electron chi connectivity index (χ4n) is 3.93. The molecular weight excluding hydrogens is 388 g/mol. The van der Waals surface area contributed by atoms with Crippen molar-refractivity contribution in [3.63, 3.8) is 0 Å². The topological polar surface area (TPSA) is 60.9 Å². The number of phenolic OH excluding ortho intramolecular Hbond substituents is 1. The number of ketones is 1. The molecule has 1 N–H and O–H groups in total. The van der Waals surface area contributed by atoms with Gasteiger partial charge in [0.1, 0.15) is 5.75 Å². The molecule has 3 aromatic carbocycles. The first-order valence-electron chi connectivity index (χ1n) is 10.5. The molecule has 0 bridgehead atoms. The van der Waals surface area contributed by atoms with Crippen LogP contribution >= 0.6 is 0 Å². The van der Waals surface area contributed by atoms with E-state index in [4.69, 9.17) is 0 Å². The summed E-state index contributed by atoms with van der Waals surface area (Å²) in [6, 6.07) is 19.8. The molecule has 0 unspecified atom stereocenters. The van der Waals surface area contributed by atoms with Gasteiger partial charge in [0.15, 0.2) is 5.78 Å². The van der Waals surface area contributed by atoms with Crippen LogP contribution in [0.25, 0.3) is 0 Å². The van der Waals surface area contributed by atoms with Crippen molar-refractivity contribution in [2.75, 3.05) is 31.1 Å². The molecule has 0 aromatic heterocycles. The molecule has 1 heterocycles. The summed E-state index contributed by atoms with van der Waals surface area (Å²) in [4.78, 5) is 30.4. The first-order chi connectivity index (χ1) is 14.9. The van der Waals surface area contributed by atoms with Gasteiger partial charge in [0.05, 0.1) is 5.56 Å². The molecule has 0 saturated carbocycles. The SMILES string of the molecule is Cc1ccc(C(=O)c2ccccc2C(=O)N2CCN(c3cccc(O)c3)CC2)cc1C. The summed E-state index contributed by atoms with van der Waals surface area (Å²) < 4.78 is 0. The molecule has 1 aliphatic rings. The van der Waals surface area contributed by atoms with Crippen molar-refractivity contribution in [1.82, 2.24) is 4.90 Å². The Labute approximate surface area is 182 Å². The molecule has 1 aliphatic heterocycles. The maximum Gasteiger partial charge on any atom is 0.254 e. The third-order valence-corrected chi connectivity index (χ3v) is 5.93. The average molecular weight is 415 g/mol. The number of phenols is 1. The number of nitrogens with zero attached hydrogens (tertiary/aromatic N) is 2. The highest BCUT2D eigenvalue weighted by Crippen LogP contribution is 2.23. The third kappa shape index (κ3) is 4.31. The molecular formula is C26H26N2O3. The largest absolute Gasteiger partial charge is 0.508 e. The maximum atomic E-state index is 13.3. The minimum atomic E-state index is -0.134. The van der Waals surface area contributed by atoms with Crippen LogP contribution in [-0.4, -0.2) is 47.9 Å². The Bertz CT molecular complexity index is 1130. The Morgan fingerprint density at radius 1 is 0.774 bits per heavy atom. The highest BCUT2D eigenvalue weighted by Gasteiger charge is 2.26. The van der Waals surface area contributed by atoms with Gasteiger partial charge in [0, 0.05) is 49.1 Å². The number of amides is 1. The number of carbonyl (C=O) groups is 2. The van der Waals surface area contributed by atoms with Crippen LogP contribution in [0.2, 0.25) is 0 Å². The van der Waals surface area contributed by atoms with E-state index in [1.807, 2.05) is 44.2 Å². The van der Waals surface area contributed by atoms with Crippen LogP contribution in [0.5, 0.6) is 5.75 Å². The lowest BCUT2D eigenvalue weighted by Crippen LogP contribution is -2.49. The van der Waals surface area contributed by atoms with Crippen LogP contribution in [0.3, 0.4) is 0 Å². The smallest absolute Gasteiger partial charge is 0.254 e. The van der Waals surface area contributed by atoms with Crippen molar-refractivity contribution in [2.24, 2.45) is 0 Å². The summed E-state index contributed by atoms with van der Waals surface area (Å²) in [5, 5.41) is 9.72. The zero-order valence-corrected chi connectivity index (χ0v) is 17.8. The second kappa shape index (κ2) is 8.64. The van der Waals surface area contributed by atoms with Crippen molar-refractivity contribution in [3.8, 4) is 5.75 Å². The lowest BCUT2D eigenvalue weighted by Gasteiger charge is -2.36. The summed E-state index contributed by atoms with van der Waals surface area (Å²) >= 11 is 0. The van der Waals surface area contributed by atoms with E-state index in [9.17, 15) is 14.7 Å². The van der Waals surface area contributed by atoms with Gasteiger partial charge in [-0.1, -0.05) is 36.4 Å². The van der Waals surface area contributed by atoms with Crippen LogP contribution in [-0.2, 0) is 0 Å². The Morgan fingerprint density at radius 2 is 1.48 bits per heavy atom. The predicted molar refractivity (Wildman–Crippen MR) is 122 cm³/mol. The second-order valence-corrected chi connectivity index (χ2v) is 7.97. The fraction of sp³-hybridized carbons (Fsp3) is 0.231. The number of benzene rings is 3. The number of carbonyl (C=O) groups excluding carboxylic acids is 2. The van der Waals surface area contributed by atoms with Gasteiger partial charge in [-0.25, -0.2) is 0 Å². The van der Waals surface area contributed by atoms with Gasteiger partial charge in [-0.2, -0.15) is 0 Å². The van der Waals surface area contributed by atoms with E-state index in [2.05, 4.69) is 4.90 Å². The van der Waals surface area contributed by atoms with Crippen LogP contribution in [0.15, 0.2) is 66.7 Å². The zero-order valence-electron chi connectivity index (χ0n) is 17.8. The molecule has 0 atom stereocenters.